The predicted octanol–water partition coefficient (Wildman–Crippen LogP) is 3.12. The minimum absolute atomic E-state index is 0.216. The third kappa shape index (κ3) is 3.35. The molecular formula is C13H18O. The minimum Gasteiger partial charge on any atom is -0.396 e. The van der Waals surface area contributed by atoms with Crippen molar-refractivity contribution in [3.63, 3.8) is 0 Å². The highest BCUT2D eigenvalue weighted by Crippen LogP contribution is 2.19. The van der Waals surface area contributed by atoms with Gasteiger partial charge in [-0.3, -0.25) is 0 Å². The van der Waals surface area contributed by atoms with Gasteiger partial charge in [0, 0.05) is 5.92 Å². The first kappa shape index (κ1) is 11.0. The van der Waals surface area contributed by atoms with E-state index in [2.05, 4.69) is 32.1 Å². The molecule has 1 aromatic carbocycles. The normalized spacial score (nSPS) is 12.2. The fourth-order valence-electron chi connectivity index (χ4n) is 1.42. The second-order valence-electron chi connectivity index (χ2n) is 3.81. The lowest BCUT2D eigenvalue weighted by molar-refractivity contribution is 0.266. The van der Waals surface area contributed by atoms with E-state index in [0.29, 0.717) is 0 Å². The Morgan fingerprint density at radius 2 is 1.93 bits per heavy atom. The van der Waals surface area contributed by atoms with Gasteiger partial charge in [-0.15, -0.1) is 0 Å². The SMILES string of the molecule is CC(C)=CCC(CO)c1ccccc1. The van der Waals surface area contributed by atoms with E-state index in [9.17, 15) is 5.11 Å². The lowest BCUT2D eigenvalue weighted by Gasteiger charge is -2.12. The average molecular weight is 190 g/mol. The van der Waals surface area contributed by atoms with Crippen LogP contribution in [0.4, 0.5) is 0 Å². The van der Waals surface area contributed by atoms with Gasteiger partial charge in [0.1, 0.15) is 0 Å². The van der Waals surface area contributed by atoms with Crippen molar-refractivity contribution in [3.8, 4) is 0 Å². The van der Waals surface area contributed by atoms with Crippen LogP contribution in [0.2, 0.25) is 0 Å². The van der Waals surface area contributed by atoms with E-state index in [1.807, 2.05) is 18.2 Å². The van der Waals surface area contributed by atoms with E-state index in [4.69, 9.17) is 0 Å². The predicted molar refractivity (Wildman–Crippen MR) is 60.3 cm³/mol. The number of aliphatic hydroxyl groups excluding tert-OH is 1. The molecule has 0 spiro atoms. The maximum Gasteiger partial charge on any atom is 0.0502 e. The lowest BCUT2D eigenvalue weighted by atomic mass is 9.96. The summed E-state index contributed by atoms with van der Waals surface area (Å²) in [4.78, 5) is 0. The van der Waals surface area contributed by atoms with Gasteiger partial charge in [0.15, 0.2) is 0 Å². The monoisotopic (exact) mass is 190 g/mol. The molecule has 0 amide bonds. The molecule has 0 aliphatic carbocycles. The molecule has 0 aliphatic heterocycles. The smallest absolute Gasteiger partial charge is 0.0502 e. The Bertz CT molecular complexity index is 283. The van der Waals surface area contributed by atoms with E-state index in [-0.39, 0.29) is 12.5 Å². The number of hydrogen-bond donors (Lipinski definition) is 1. The Morgan fingerprint density at radius 1 is 1.29 bits per heavy atom. The van der Waals surface area contributed by atoms with Crippen molar-refractivity contribution in [1.29, 1.82) is 0 Å². The molecule has 0 saturated heterocycles. The van der Waals surface area contributed by atoms with Crippen LogP contribution in [-0.4, -0.2) is 11.7 Å². The largest absolute Gasteiger partial charge is 0.396 e. The van der Waals surface area contributed by atoms with Crippen LogP contribution >= 0.6 is 0 Å². The molecule has 14 heavy (non-hydrogen) atoms. The van der Waals surface area contributed by atoms with E-state index in [1.165, 1.54) is 11.1 Å². The van der Waals surface area contributed by atoms with Gasteiger partial charge >= 0.3 is 0 Å². The van der Waals surface area contributed by atoms with Crippen molar-refractivity contribution in [2.75, 3.05) is 6.61 Å². The second kappa shape index (κ2) is 5.61. The van der Waals surface area contributed by atoms with Crippen LogP contribution in [0.3, 0.4) is 0 Å². The lowest BCUT2D eigenvalue weighted by Crippen LogP contribution is -2.02. The summed E-state index contributed by atoms with van der Waals surface area (Å²) in [6.45, 7) is 4.38. The molecule has 0 fully saturated rings. The number of rotatable bonds is 4. The second-order valence-corrected chi connectivity index (χ2v) is 3.81. The summed E-state index contributed by atoms with van der Waals surface area (Å²) in [6, 6.07) is 10.2. The highest BCUT2D eigenvalue weighted by molar-refractivity contribution is 5.20. The van der Waals surface area contributed by atoms with Crippen molar-refractivity contribution in [1.82, 2.24) is 0 Å². The zero-order valence-electron chi connectivity index (χ0n) is 8.90. The highest BCUT2D eigenvalue weighted by Gasteiger charge is 2.07. The Morgan fingerprint density at radius 3 is 2.43 bits per heavy atom. The van der Waals surface area contributed by atoms with Crippen LogP contribution in [-0.2, 0) is 0 Å². The summed E-state index contributed by atoms with van der Waals surface area (Å²) < 4.78 is 0. The quantitative estimate of drug-likeness (QED) is 0.723. The number of aliphatic hydroxyl groups is 1. The first-order valence-electron chi connectivity index (χ1n) is 5.03. The molecule has 1 aromatic rings. The molecule has 1 atom stereocenters. The summed E-state index contributed by atoms with van der Waals surface area (Å²) in [5, 5.41) is 9.26. The van der Waals surface area contributed by atoms with E-state index < -0.39 is 0 Å². The van der Waals surface area contributed by atoms with Gasteiger partial charge in [0.2, 0.25) is 0 Å². The molecule has 1 nitrogen and oxygen atoms in total. The third-order valence-electron chi connectivity index (χ3n) is 2.30. The zero-order valence-corrected chi connectivity index (χ0v) is 8.90. The number of hydrogen-bond acceptors (Lipinski definition) is 1. The molecule has 1 unspecified atom stereocenters. The van der Waals surface area contributed by atoms with Crippen LogP contribution in [0.15, 0.2) is 42.0 Å². The fourth-order valence-corrected chi connectivity index (χ4v) is 1.42. The fraction of sp³-hybridized carbons (Fsp3) is 0.385. The minimum atomic E-state index is 0.216. The maximum atomic E-state index is 9.26. The zero-order chi connectivity index (χ0) is 10.4. The van der Waals surface area contributed by atoms with Crippen molar-refractivity contribution in [2.24, 2.45) is 0 Å². The van der Waals surface area contributed by atoms with Gasteiger partial charge in [-0.2, -0.15) is 0 Å². The van der Waals surface area contributed by atoms with Crippen LogP contribution < -0.4 is 0 Å². The molecule has 0 radical (unpaired) electrons. The first-order valence-corrected chi connectivity index (χ1v) is 5.03. The molecule has 1 N–H and O–H groups in total. The highest BCUT2D eigenvalue weighted by atomic mass is 16.3. The molecule has 0 bridgehead atoms. The molecule has 1 rings (SSSR count). The summed E-state index contributed by atoms with van der Waals surface area (Å²) in [5.41, 5.74) is 2.52. The van der Waals surface area contributed by atoms with Crippen molar-refractivity contribution < 1.29 is 5.11 Å². The summed E-state index contributed by atoms with van der Waals surface area (Å²) in [5.74, 6) is 0.242. The molecule has 0 aromatic heterocycles. The molecule has 0 saturated carbocycles. The van der Waals surface area contributed by atoms with Gasteiger partial charge in [-0.05, 0) is 25.8 Å². The van der Waals surface area contributed by atoms with Gasteiger partial charge in [0.25, 0.3) is 0 Å². The molecule has 76 valence electrons. The first-order chi connectivity index (χ1) is 6.74. The standard InChI is InChI=1S/C13H18O/c1-11(2)8-9-13(10-14)12-6-4-3-5-7-12/h3-8,13-14H,9-10H2,1-2H3. The molecular weight excluding hydrogens is 172 g/mol. The Balaban J connectivity index is 2.68. The van der Waals surface area contributed by atoms with Gasteiger partial charge < -0.3 is 5.11 Å². The molecule has 0 aliphatic rings. The molecule has 1 heteroatoms. The van der Waals surface area contributed by atoms with Crippen molar-refractivity contribution >= 4 is 0 Å². The number of benzene rings is 1. The third-order valence-corrected chi connectivity index (χ3v) is 2.30. The topological polar surface area (TPSA) is 20.2 Å². The average Bonchev–Trinajstić information content (AvgIpc) is 2.20. The molecule has 0 heterocycles. The van der Waals surface area contributed by atoms with E-state index >= 15 is 0 Å². The van der Waals surface area contributed by atoms with E-state index in [0.717, 1.165) is 6.42 Å². The number of allylic oxidation sites excluding steroid dienone is 2. The Kier molecular flexibility index (Phi) is 4.41. The van der Waals surface area contributed by atoms with Gasteiger partial charge in [-0.1, -0.05) is 42.0 Å². The Labute approximate surface area is 86.1 Å². The van der Waals surface area contributed by atoms with E-state index in [1.54, 1.807) is 0 Å². The maximum absolute atomic E-state index is 9.26. The summed E-state index contributed by atoms with van der Waals surface area (Å²) in [6.07, 6.45) is 3.09. The van der Waals surface area contributed by atoms with Crippen molar-refractivity contribution in [2.45, 2.75) is 26.2 Å². The van der Waals surface area contributed by atoms with Crippen LogP contribution in [0.25, 0.3) is 0 Å². The van der Waals surface area contributed by atoms with Crippen LogP contribution in [0.1, 0.15) is 31.7 Å². The van der Waals surface area contributed by atoms with Crippen LogP contribution in [0, 0.1) is 0 Å². The Hall–Kier alpha value is -1.08. The van der Waals surface area contributed by atoms with Crippen molar-refractivity contribution in [3.05, 3.63) is 47.5 Å². The van der Waals surface area contributed by atoms with Gasteiger partial charge in [-0.25, -0.2) is 0 Å². The summed E-state index contributed by atoms with van der Waals surface area (Å²) in [7, 11) is 0. The van der Waals surface area contributed by atoms with Gasteiger partial charge in [0.05, 0.1) is 6.61 Å². The van der Waals surface area contributed by atoms with Crippen LogP contribution in [0.5, 0.6) is 0 Å². The summed E-state index contributed by atoms with van der Waals surface area (Å²) >= 11 is 0.